The van der Waals surface area contributed by atoms with Crippen molar-refractivity contribution < 1.29 is 8.78 Å². The van der Waals surface area contributed by atoms with Gasteiger partial charge in [0.25, 0.3) is 0 Å². The highest BCUT2D eigenvalue weighted by Gasteiger charge is 2.10. The molecule has 86 valence electrons. The first-order valence-corrected chi connectivity index (χ1v) is 5.18. The second-order valence-electron chi connectivity index (χ2n) is 3.90. The van der Waals surface area contributed by atoms with Crippen LogP contribution < -0.4 is 5.32 Å². The molecule has 0 aliphatic rings. The molecular weight excluding hydrogens is 208 g/mol. The van der Waals surface area contributed by atoms with Crippen molar-refractivity contribution in [3.8, 4) is 12.3 Å². The molecule has 1 rings (SSSR count). The summed E-state index contributed by atoms with van der Waals surface area (Å²) in [5.74, 6) is 1.41. The maximum Gasteiger partial charge on any atom is 0.126 e. The van der Waals surface area contributed by atoms with Gasteiger partial charge < -0.3 is 5.32 Å². The van der Waals surface area contributed by atoms with Gasteiger partial charge in [-0.1, -0.05) is 0 Å². The van der Waals surface area contributed by atoms with Crippen LogP contribution in [0.2, 0.25) is 0 Å². The molecule has 2 unspecified atom stereocenters. The Morgan fingerprint density at radius 3 is 2.31 bits per heavy atom. The molecule has 1 N–H and O–H groups in total. The fourth-order valence-electron chi connectivity index (χ4n) is 1.58. The van der Waals surface area contributed by atoms with Crippen molar-refractivity contribution in [2.75, 3.05) is 0 Å². The summed E-state index contributed by atoms with van der Waals surface area (Å²) in [4.78, 5) is 0. The third kappa shape index (κ3) is 3.63. The fourth-order valence-corrected chi connectivity index (χ4v) is 1.58. The molecular formula is C13H15F2N. The Hall–Kier alpha value is -1.40. The Morgan fingerprint density at radius 1 is 1.25 bits per heavy atom. The molecule has 1 nitrogen and oxygen atoms in total. The van der Waals surface area contributed by atoms with Gasteiger partial charge in [-0.15, -0.1) is 12.3 Å². The number of benzene rings is 1. The lowest BCUT2D eigenvalue weighted by Gasteiger charge is -2.18. The molecule has 0 aromatic heterocycles. The van der Waals surface area contributed by atoms with E-state index in [4.69, 9.17) is 6.42 Å². The molecule has 0 saturated carbocycles. The normalized spacial score (nSPS) is 14.2. The summed E-state index contributed by atoms with van der Waals surface area (Å²) in [6.07, 6.45) is 5.77. The van der Waals surface area contributed by atoms with Crippen LogP contribution in [-0.4, -0.2) is 6.04 Å². The Balaban J connectivity index is 2.73. The molecule has 2 atom stereocenters. The van der Waals surface area contributed by atoms with Gasteiger partial charge in [-0.25, -0.2) is 8.78 Å². The Morgan fingerprint density at radius 2 is 1.81 bits per heavy atom. The van der Waals surface area contributed by atoms with Crippen LogP contribution >= 0.6 is 0 Å². The molecule has 16 heavy (non-hydrogen) atoms. The number of terminal acetylenes is 1. The number of halogens is 2. The second kappa shape index (κ2) is 5.62. The third-order valence-corrected chi connectivity index (χ3v) is 2.34. The molecule has 0 amide bonds. The van der Waals surface area contributed by atoms with E-state index >= 15 is 0 Å². The molecule has 0 aliphatic carbocycles. The predicted octanol–water partition coefficient (Wildman–Crippen LogP) is 3.03. The predicted molar refractivity (Wildman–Crippen MR) is 60.8 cm³/mol. The number of hydrogen-bond acceptors (Lipinski definition) is 1. The van der Waals surface area contributed by atoms with Crippen molar-refractivity contribution in [1.29, 1.82) is 0 Å². The van der Waals surface area contributed by atoms with Gasteiger partial charge in [-0.05, 0) is 31.5 Å². The summed E-state index contributed by atoms with van der Waals surface area (Å²) in [5.41, 5.74) is 0.585. The SMILES string of the molecule is C#CCC(C)NC(C)c1cc(F)cc(F)c1. The summed E-state index contributed by atoms with van der Waals surface area (Å²) < 4.78 is 25.9. The average Bonchev–Trinajstić information content (AvgIpc) is 2.16. The first kappa shape index (κ1) is 12.7. The molecule has 1 aromatic carbocycles. The van der Waals surface area contributed by atoms with Crippen molar-refractivity contribution in [2.45, 2.75) is 32.4 Å². The molecule has 0 aliphatic heterocycles. The van der Waals surface area contributed by atoms with Crippen molar-refractivity contribution in [1.82, 2.24) is 5.32 Å². The second-order valence-corrected chi connectivity index (χ2v) is 3.90. The van der Waals surface area contributed by atoms with Crippen LogP contribution in [0.3, 0.4) is 0 Å². The first-order valence-electron chi connectivity index (χ1n) is 5.18. The zero-order chi connectivity index (χ0) is 12.1. The number of hydrogen-bond donors (Lipinski definition) is 1. The summed E-state index contributed by atoms with van der Waals surface area (Å²) in [7, 11) is 0. The van der Waals surface area contributed by atoms with E-state index in [9.17, 15) is 8.78 Å². The van der Waals surface area contributed by atoms with Crippen LogP contribution in [0.4, 0.5) is 8.78 Å². The van der Waals surface area contributed by atoms with Gasteiger partial charge in [0.1, 0.15) is 11.6 Å². The first-order chi connectivity index (χ1) is 7.52. The molecule has 0 heterocycles. The maximum absolute atomic E-state index is 13.0. The molecule has 0 bridgehead atoms. The highest BCUT2D eigenvalue weighted by atomic mass is 19.1. The van der Waals surface area contributed by atoms with E-state index in [-0.39, 0.29) is 12.1 Å². The standard InChI is InChI=1S/C13H15F2N/c1-4-5-9(2)16-10(3)11-6-12(14)8-13(15)7-11/h1,6-10,16H,5H2,2-3H3. The van der Waals surface area contributed by atoms with Crippen LogP contribution in [0.5, 0.6) is 0 Å². The smallest absolute Gasteiger partial charge is 0.126 e. The Labute approximate surface area is 94.9 Å². The monoisotopic (exact) mass is 223 g/mol. The topological polar surface area (TPSA) is 12.0 Å². The van der Waals surface area contributed by atoms with E-state index in [1.54, 1.807) is 0 Å². The van der Waals surface area contributed by atoms with E-state index in [2.05, 4.69) is 11.2 Å². The largest absolute Gasteiger partial charge is 0.307 e. The van der Waals surface area contributed by atoms with Gasteiger partial charge in [0, 0.05) is 24.6 Å². The van der Waals surface area contributed by atoms with Gasteiger partial charge in [-0.3, -0.25) is 0 Å². The van der Waals surface area contributed by atoms with Crippen molar-refractivity contribution in [2.24, 2.45) is 0 Å². The molecule has 0 saturated heterocycles. The fraction of sp³-hybridized carbons (Fsp3) is 0.385. The minimum atomic E-state index is -0.562. The molecule has 3 heteroatoms. The van der Waals surface area contributed by atoms with E-state index in [0.717, 1.165) is 6.07 Å². The van der Waals surface area contributed by atoms with E-state index in [0.29, 0.717) is 12.0 Å². The minimum absolute atomic E-state index is 0.117. The third-order valence-electron chi connectivity index (χ3n) is 2.34. The number of nitrogens with one attached hydrogen (secondary N) is 1. The molecule has 0 spiro atoms. The maximum atomic E-state index is 13.0. The van der Waals surface area contributed by atoms with Crippen LogP contribution in [-0.2, 0) is 0 Å². The lowest BCUT2D eigenvalue weighted by Crippen LogP contribution is -2.28. The zero-order valence-electron chi connectivity index (χ0n) is 9.43. The highest BCUT2D eigenvalue weighted by molar-refractivity contribution is 5.21. The van der Waals surface area contributed by atoms with Gasteiger partial charge in [0.05, 0.1) is 0 Å². The minimum Gasteiger partial charge on any atom is -0.307 e. The van der Waals surface area contributed by atoms with Crippen LogP contribution in [0, 0.1) is 24.0 Å². The lowest BCUT2D eigenvalue weighted by molar-refractivity contribution is 0.480. The van der Waals surface area contributed by atoms with Crippen molar-refractivity contribution in [3.05, 3.63) is 35.4 Å². The Bertz CT molecular complexity index is 375. The van der Waals surface area contributed by atoms with Crippen molar-refractivity contribution >= 4 is 0 Å². The summed E-state index contributed by atoms with van der Waals surface area (Å²) in [6, 6.07) is 3.49. The molecule has 1 aromatic rings. The quantitative estimate of drug-likeness (QED) is 0.774. The van der Waals surface area contributed by atoms with Crippen LogP contribution in [0.25, 0.3) is 0 Å². The number of rotatable bonds is 4. The van der Waals surface area contributed by atoms with E-state index in [1.807, 2.05) is 13.8 Å². The molecule has 0 fully saturated rings. The highest BCUT2D eigenvalue weighted by Crippen LogP contribution is 2.16. The van der Waals surface area contributed by atoms with Crippen LogP contribution in [0.15, 0.2) is 18.2 Å². The summed E-state index contributed by atoms with van der Waals surface area (Å²) in [5, 5.41) is 3.18. The zero-order valence-corrected chi connectivity index (χ0v) is 9.43. The lowest BCUT2D eigenvalue weighted by atomic mass is 10.1. The summed E-state index contributed by atoms with van der Waals surface area (Å²) in [6.45, 7) is 3.78. The van der Waals surface area contributed by atoms with E-state index < -0.39 is 11.6 Å². The summed E-state index contributed by atoms with van der Waals surface area (Å²) >= 11 is 0. The Kier molecular flexibility index (Phi) is 4.45. The van der Waals surface area contributed by atoms with Gasteiger partial charge in [0.2, 0.25) is 0 Å². The molecule has 0 radical (unpaired) electrons. The van der Waals surface area contributed by atoms with E-state index in [1.165, 1.54) is 12.1 Å². The van der Waals surface area contributed by atoms with Gasteiger partial charge in [-0.2, -0.15) is 0 Å². The van der Waals surface area contributed by atoms with Gasteiger partial charge in [0.15, 0.2) is 0 Å². The average molecular weight is 223 g/mol. The van der Waals surface area contributed by atoms with Crippen molar-refractivity contribution in [3.63, 3.8) is 0 Å². The van der Waals surface area contributed by atoms with Gasteiger partial charge >= 0.3 is 0 Å². The van der Waals surface area contributed by atoms with Crippen LogP contribution in [0.1, 0.15) is 31.9 Å².